The number of ether oxygens (including phenoxy) is 1. The van der Waals surface area contributed by atoms with Crippen molar-refractivity contribution >= 4 is 23.6 Å². The molecule has 0 spiro atoms. The molecule has 0 saturated carbocycles. The number of hydrogen-bond acceptors (Lipinski definition) is 8. The molecule has 0 aliphatic heterocycles. The molecule has 128 valence electrons. The fraction of sp³-hybridized carbons (Fsp3) is 0.615. The highest BCUT2D eigenvalue weighted by atomic mass is 32.2. The zero-order valence-electron chi connectivity index (χ0n) is 13.5. The van der Waals surface area contributed by atoms with Crippen molar-refractivity contribution in [2.75, 3.05) is 18.7 Å². The van der Waals surface area contributed by atoms with E-state index in [9.17, 15) is 14.4 Å². The molecule has 1 aromatic rings. The first kappa shape index (κ1) is 18.9. The van der Waals surface area contributed by atoms with Crippen LogP contribution in [0, 0.1) is 12.8 Å². The first-order valence-corrected chi connectivity index (χ1v) is 8.01. The Bertz CT molecular complexity index is 633. The van der Waals surface area contributed by atoms with Crippen LogP contribution in [-0.2, 0) is 14.3 Å². The maximum absolute atomic E-state index is 12.0. The number of amides is 1. The number of thioether (sulfide) groups is 1. The second kappa shape index (κ2) is 8.51. The third-order valence-corrected chi connectivity index (χ3v) is 4.28. The third-order valence-electron chi connectivity index (χ3n) is 3.34. The molecule has 1 amide bonds. The standard InChI is InChI=1S/C13H21N5O4S/c1-5-7(2)10(12(21)22-4)15-9(19)6-23-13-17-16-8(3)11(20)18(13)14/h7,10H,5-6,14H2,1-4H3,(H,15,19)/t7-,10+/m1/s1. The van der Waals surface area contributed by atoms with Gasteiger partial charge in [-0.15, -0.1) is 10.2 Å². The molecule has 0 aromatic carbocycles. The summed E-state index contributed by atoms with van der Waals surface area (Å²) >= 11 is 0.959. The Morgan fingerprint density at radius 1 is 1.43 bits per heavy atom. The van der Waals surface area contributed by atoms with Crippen molar-refractivity contribution < 1.29 is 14.3 Å². The lowest BCUT2D eigenvalue weighted by molar-refractivity contribution is -0.146. The van der Waals surface area contributed by atoms with Gasteiger partial charge < -0.3 is 15.9 Å². The average Bonchev–Trinajstić information content (AvgIpc) is 2.55. The summed E-state index contributed by atoms with van der Waals surface area (Å²) < 4.78 is 5.54. The molecule has 23 heavy (non-hydrogen) atoms. The van der Waals surface area contributed by atoms with Gasteiger partial charge in [0, 0.05) is 0 Å². The van der Waals surface area contributed by atoms with Gasteiger partial charge in [0.1, 0.15) is 11.7 Å². The smallest absolute Gasteiger partial charge is 0.328 e. The summed E-state index contributed by atoms with van der Waals surface area (Å²) in [5.74, 6) is 4.58. The summed E-state index contributed by atoms with van der Waals surface area (Å²) in [7, 11) is 1.27. The fourth-order valence-corrected chi connectivity index (χ4v) is 2.37. The van der Waals surface area contributed by atoms with Gasteiger partial charge in [0.25, 0.3) is 5.56 Å². The summed E-state index contributed by atoms with van der Waals surface area (Å²) in [6, 6.07) is -0.720. The molecule has 1 heterocycles. The Morgan fingerprint density at radius 3 is 2.65 bits per heavy atom. The van der Waals surface area contributed by atoms with Gasteiger partial charge in [-0.25, -0.2) is 4.79 Å². The zero-order valence-corrected chi connectivity index (χ0v) is 14.3. The SMILES string of the molecule is CC[C@@H](C)[C@H](NC(=O)CSc1nnc(C)c(=O)n1N)C(=O)OC. The van der Waals surface area contributed by atoms with Gasteiger partial charge in [-0.05, 0) is 12.8 Å². The summed E-state index contributed by atoms with van der Waals surface area (Å²) in [6.45, 7) is 5.25. The number of aryl methyl sites for hydroxylation is 1. The number of nitrogens with zero attached hydrogens (tertiary/aromatic N) is 3. The van der Waals surface area contributed by atoms with Gasteiger partial charge in [0.05, 0.1) is 12.9 Å². The molecule has 1 aromatic heterocycles. The first-order chi connectivity index (χ1) is 10.8. The number of carbonyl (C=O) groups is 2. The van der Waals surface area contributed by atoms with Crippen molar-refractivity contribution in [3.8, 4) is 0 Å². The Balaban J connectivity index is 2.71. The normalized spacial score (nSPS) is 13.2. The quantitative estimate of drug-likeness (QED) is 0.383. The van der Waals surface area contributed by atoms with Crippen molar-refractivity contribution in [3.63, 3.8) is 0 Å². The Hall–Kier alpha value is -2.10. The number of rotatable bonds is 7. The van der Waals surface area contributed by atoms with Crippen LogP contribution in [0.15, 0.2) is 9.95 Å². The third kappa shape index (κ3) is 4.95. The van der Waals surface area contributed by atoms with Crippen LogP contribution in [0.25, 0.3) is 0 Å². The van der Waals surface area contributed by atoms with Crippen molar-refractivity contribution in [3.05, 3.63) is 16.0 Å². The molecular formula is C13H21N5O4S. The molecule has 0 saturated heterocycles. The minimum Gasteiger partial charge on any atom is -0.467 e. The minimum atomic E-state index is -0.720. The molecule has 0 bridgehead atoms. The van der Waals surface area contributed by atoms with Crippen LogP contribution in [0.5, 0.6) is 0 Å². The van der Waals surface area contributed by atoms with E-state index in [0.717, 1.165) is 16.4 Å². The molecule has 3 N–H and O–H groups in total. The Morgan fingerprint density at radius 2 is 2.09 bits per heavy atom. The fourth-order valence-electron chi connectivity index (χ4n) is 1.71. The van der Waals surface area contributed by atoms with E-state index in [1.54, 1.807) is 0 Å². The molecule has 0 unspecified atom stereocenters. The molecule has 10 heteroatoms. The largest absolute Gasteiger partial charge is 0.467 e. The van der Waals surface area contributed by atoms with Crippen LogP contribution in [-0.4, -0.2) is 45.7 Å². The van der Waals surface area contributed by atoms with Gasteiger partial charge in [-0.1, -0.05) is 32.0 Å². The monoisotopic (exact) mass is 343 g/mol. The zero-order chi connectivity index (χ0) is 17.6. The van der Waals surface area contributed by atoms with Crippen LogP contribution >= 0.6 is 11.8 Å². The molecule has 9 nitrogen and oxygen atoms in total. The summed E-state index contributed by atoms with van der Waals surface area (Å²) in [5.41, 5.74) is -0.307. The van der Waals surface area contributed by atoms with E-state index in [-0.39, 0.29) is 28.4 Å². The van der Waals surface area contributed by atoms with Crippen molar-refractivity contribution in [1.82, 2.24) is 20.2 Å². The second-order valence-electron chi connectivity index (χ2n) is 4.99. The van der Waals surface area contributed by atoms with Crippen molar-refractivity contribution in [1.29, 1.82) is 0 Å². The average molecular weight is 343 g/mol. The number of esters is 1. The maximum atomic E-state index is 12.0. The van der Waals surface area contributed by atoms with Gasteiger partial charge in [-0.2, -0.15) is 4.68 Å². The molecule has 2 atom stereocenters. The summed E-state index contributed by atoms with van der Waals surface area (Å²) in [5, 5.41) is 10.2. The van der Waals surface area contributed by atoms with E-state index in [0.29, 0.717) is 6.42 Å². The number of carbonyl (C=O) groups excluding carboxylic acids is 2. The highest BCUT2D eigenvalue weighted by molar-refractivity contribution is 7.99. The van der Waals surface area contributed by atoms with E-state index < -0.39 is 17.6 Å². The van der Waals surface area contributed by atoms with Crippen LogP contribution < -0.4 is 16.7 Å². The van der Waals surface area contributed by atoms with Crippen molar-refractivity contribution in [2.45, 2.75) is 38.4 Å². The molecule has 1 rings (SSSR count). The number of nitrogens with two attached hydrogens (primary N) is 1. The topological polar surface area (TPSA) is 129 Å². The van der Waals surface area contributed by atoms with Gasteiger partial charge >= 0.3 is 5.97 Å². The van der Waals surface area contributed by atoms with Crippen LogP contribution in [0.1, 0.15) is 26.0 Å². The summed E-state index contributed by atoms with van der Waals surface area (Å²) in [6.07, 6.45) is 0.707. The first-order valence-electron chi connectivity index (χ1n) is 7.03. The van der Waals surface area contributed by atoms with Gasteiger partial charge in [0.15, 0.2) is 0 Å². The molecule has 0 fully saturated rings. The van der Waals surface area contributed by atoms with Crippen LogP contribution in [0.4, 0.5) is 0 Å². The number of nitrogens with one attached hydrogen (secondary N) is 1. The Kier molecular flexibility index (Phi) is 7.01. The number of nitrogen functional groups attached to an aromatic ring is 1. The second-order valence-corrected chi connectivity index (χ2v) is 5.93. The maximum Gasteiger partial charge on any atom is 0.328 e. The molecular weight excluding hydrogens is 322 g/mol. The highest BCUT2D eigenvalue weighted by Crippen LogP contribution is 2.13. The predicted octanol–water partition coefficient (Wildman–Crippen LogP) is -0.543. The lowest BCUT2D eigenvalue weighted by atomic mass is 9.99. The lowest BCUT2D eigenvalue weighted by Crippen LogP contribution is -2.46. The van der Waals surface area contributed by atoms with Gasteiger partial charge in [-0.3, -0.25) is 9.59 Å². The number of methoxy groups -OCH3 is 1. The van der Waals surface area contributed by atoms with E-state index >= 15 is 0 Å². The van der Waals surface area contributed by atoms with E-state index in [2.05, 4.69) is 15.5 Å². The molecule has 0 radical (unpaired) electrons. The van der Waals surface area contributed by atoms with Crippen molar-refractivity contribution in [2.24, 2.45) is 5.92 Å². The van der Waals surface area contributed by atoms with Gasteiger partial charge in [0.2, 0.25) is 11.1 Å². The molecule has 0 aliphatic carbocycles. The Labute approximate surface area is 137 Å². The highest BCUT2D eigenvalue weighted by Gasteiger charge is 2.26. The number of aromatic nitrogens is 3. The summed E-state index contributed by atoms with van der Waals surface area (Å²) in [4.78, 5) is 35.4. The van der Waals surface area contributed by atoms with Crippen LogP contribution in [0.3, 0.4) is 0 Å². The number of hydrogen-bond donors (Lipinski definition) is 2. The van der Waals surface area contributed by atoms with E-state index in [1.165, 1.54) is 14.0 Å². The van der Waals surface area contributed by atoms with E-state index in [1.807, 2.05) is 13.8 Å². The lowest BCUT2D eigenvalue weighted by Gasteiger charge is -2.21. The van der Waals surface area contributed by atoms with E-state index in [4.69, 9.17) is 10.6 Å². The predicted molar refractivity (Wildman–Crippen MR) is 85.3 cm³/mol. The minimum absolute atomic E-state index is 0.0572. The molecule has 0 aliphatic rings. The van der Waals surface area contributed by atoms with Crippen LogP contribution in [0.2, 0.25) is 0 Å².